The quantitative estimate of drug-likeness (QED) is 0.563. The number of carbonyl (C=O) groups is 1. The summed E-state index contributed by atoms with van der Waals surface area (Å²) in [7, 11) is 1.66. The number of hydrogen-bond acceptors (Lipinski definition) is 4. The molecule has 0 aliphatic heterocycles. The molecule has 1 amide bonds. The Kier molecular flexibility index (Phi) is 6.68. The van der Waals surface area contributed by atoms with Crippen molar-refractivity contribution in [1.29, 1.82) is 0 Å². The van der Waals surface area contributed by atoms with Crippen molar-refractivity contribution in [2.75, 3.05) is 7.11 Å². The summed E-state index contributed by atoms with van der Waals surface area (Å²) in [5.41, 5.74) is 2.07. The second-order valence-electron chi connectivity index (χ2n) is 5.95. The number of ether oxygens (including phenoxy) is 2. The zero-order chi connectivity index (χ0) is 19.1. The highest BCUT2D eigenvalue weighted by atomic mass is 79.9. The summed E-state index contributed by atoms with van der Waals surface area (Å²) < 4.78 is 17.3. The van der Waals surface area contributed by atoms with Crippen LogP contribution in [0.15, 0.2) is 69.6 Å². The van der Waals surface area contributed by atoms with Crippen LogP contribution >= 0.6 is 15.9 Å². The van der Waals surface area contributed by atoms with Crippen LogP contribution in [0.2, 0.25) is 0 Å². The van der Waals surface area contributed by atoms with E-state index in [1.807, 2.05) is 48.5 Å². The molecule has 0 unspecified atom stereocenters. The van der Waals surface area contributed by atoms with Crippen molar-refractivity contribution in [2.45, 2.75) is 19.8 Å². The molecule has 1 N–H and O–H groups in total. The molecule has 0 spiro atoms. The number of amides is 1. The third kappa shape index (κ3) is 5.70. The first-order chi connectivity index (χ1) is 13.1. The summed E-state index contributed by atoms with van der Waals surface area (Å²) in [4.78, 5) is 12.3. The van der Waals surface area contributed by atoms with Crippen LogP contribution in [0.5, 0.6) is 5.75 Å². The molecule has 0 aliphatic rings. The lowest BCUT2D eigenvalue weighted by molar-refractivity contribution is 0.0919. The minimum absolute atomic E-state index is 0.253. The van der Waals surface area contributed by atoms with Gasteiger partial charge in [0.2, 0.25) is 0 Å². The Bertz CT molecular complexity index is 906. The van der Waals surface area contributed by atoms with E-state index in [4.69, 9.17) is 13.9 Å². The fourth-order valence-electron chi connectivity index (χ4n) is 2.55. The lowest BCUT2D eigenvalue weighted by atomic mass is 10.1. The number of carbonyl (C=O) groups excluding carboxylic acids is 1. The van der Waals surface area contributed by atoms with Crippen LogP contribution in [0.1, 0.15) is 27.4 Å². The average molecular weight is 430 g/mol. The van der Waals surface area contributed by atoms with Gasteiger partial charge in [-0.25, -0.2) is 0 Å². The van der Waals surface area contributed by atoms with E-state index in [1.165, 1.54) is 0 Å². The minimum atomic E-state index is -0.263. The normalized spacial score (nSPS) is 10.6. The van der Waals surface area contributed by atoms with Gasteiger partial charge in [0.15, 0.2) is 5.76 Å². The van der Waals surface area contributed by atoms with Crippen molar-refractivity contribution in [1.82, 2.24) is 5.32 Å². The van der Waals surface area contributed by atoms with E-state index in [0.717, 1.165) is 21.3 Å². The number of hydrogen-bond donors (Lipinski definition) is 1. The Labute approximate surface area is 166 Å². The van der Waals surface area contributed by atoms with Crippen molar-refractivity contribution in [3.8, 4) is 5.75 Å². The summed E-state index contributed by atoms with van der Waals surface area (Å²) in [6, 6.07) is 18.8. The van der Waals surface area contributed by atoms with Gasteiger partial charge in [-0.2, -0.15) is 0 Å². The maximum absolute atomic E-state index is 12.3. The fourth-order valence-corrected chi connectivity index (χ4v) is 2.93. The van der Waals surface area contributed by atoms with E-state index in [2.05, 4.69) is 21.2 Å². The van der Waals surface area contributed by atoms with Crippen molar-refractivity contribution in [3.63, 3.8) is 0 Å². The third-order valence-electron chi connectivity index (χ3n) is 3.82. The Balaban J connectivity index is 1.53. The van der Waals surface area contributed by atoms with Crippen molar-refractivity contribution in [3.05, 3.63) is 87.8 Å². The maximum atomic E-state index is 12.3. The van der Waals surface area contributed by atoms with Crippen LogP contribution < -0.4 is 10.1 Å². The zero-order valence-corrected chi connectivity index (χ0v) is 16.5. The maximum Gasteiger partial charge on any atom is 0.287 e. The van der Waals surface area contributed by atoms with Crippen LogP contribution in [-0.4, -0.2) is 13.0 Å². The lowest BCUT2D eigenvalue weighted by Crippen LogP contribution is -2.22. The van der Waals surface area contributed by atoms with Crippen LogP contribution in [-0.2, 0) is 24.5 Å². The molecule has 1 aromatic heterocycles. The Morgan fingerprint density at radius 2 is 1.85 bits per heavy atom. The topological polar surface area (TPSA) is 60.7 Å². The summed E-state index contributed by atoms with van der Waals surface area (Å²) in [5, 5.41) is 2.86. The zero-order valence-electron chi connectivity index (χ0n) is 14.9. The monoisotopic (exact) mass is 429 g/mol. The van der Waals surface area contributed by atoms with Gasteiger partial charge in [-0.1, -0.05) is 46.3 Å². The van der Waals surface area contributed by atoms with Gasteiger partial charge in [0.05, 0.1) is 6.61 Å². The molecule has 0 fully saturated rings. The van der Waals surface area contributed by atoms with Crippen LogP contribution in [0.3, 0.4) is 0 Å². The molecular weight excluding hydrogens is 410 g/mol. The van der Waals surface area contributed by atoms with Crippen LogP contribution in [0, 0.1) is 0 Å². The highest BCUT2D eigenvalue weighted by molar-refractivity contribution is 9.10. The molecule has 0 atom stereocenters. The summed E-state index contributed by atoms with van der Waals surface area (Å²) in [5.74, 6) is 1.31. The first-order valence-corrected chi connectivity index (χ1v) is 9.25. The largest absolute Gasteiger partial charge is 0.486 e. The lowest BCUT2D eigenvalue weighted by Gasteiger charge is -2.06. The summed E-state index contributed by atoms with van der Waals surface area (Å²) >= 11 is 3.40. The van der Waals surface area contributed by atoms with E-state index in [-0.39, 0.29) is 18.3 Å². The molecule has 1 heterocycles. The molecule has 0 radical (unpaired) electrons. The third-order valence-corrected chi connectivity index (χ3v) is 4.31. The molecular formula is C21H20BrNO4. The van der Waals surface area contributed by atoms with Crippen LogP contribution in [0.25, 0.3) is 0 Å². The number of nitrogens with one attached hydrogen (secondary N) is 1. The molecule has 3 aromatic rings. The Morgan fingerprint density at radius 1 is 1.04 bits per heavy atom. The van der Waals surface area contributed by atoms with E-state index in [0.29, 0.717) is 18.9 Å². The first-order valence-electron chi connectivity index (χ1n) is 8.46. The molecule has 140 valence electrons. The summed E-state index contributed by atoms with van der Waals surface area (Å²) in [6.45, 7) is 1.21. The Hall–Kier alpha value is -2.57. The number of rotatable bonds is 8. The van der Waals surface area contributed by atoms with E-state index in [1.54, 1.807) is 19.2 Å². The molecule has 3 rings (SSSR count). The Morgan fingerprint density at radius 3 is 2.67 bits per heavy atom. The first kappa shape index (κ1) is 19.2. The molecule has 5 nitrogen and oxygen atoms in total. The molecule has 27 heavy (non-hydrogen) atoms. The predicted octanol–water partition coefficient (Wildman–Crippen LogP) is 4.70. The predicted molar refractivity (Wildman–Crippen MR) is 106 cm³/mol. The van der Waals surface area contributed by atoms with Gasteiger partial charge in [-0.15, -0.1) is 0 Å². The highest BCUT2D eigenvalue weighted by Gasteiger charge is 2.11. The van der Waals surface area contributed by atoms with E-state index < -0.39 is 0 Å². The molecule has 0 aliphatic carbocycles. The fraction of sp³-hybridized carbons (Fsp3) is 0.190. The van der Waals surface area contributed by atoms with Gasteiger partial charge in [-0.05, 0) is 41.5 Å². The van der Waals surface area contributed by atoms with Gasteiger partial charge in [0, 0.05) is 18.1 Å². The molecule has 0 saturated heterocycles. The van der Waals surface area contributed by atoms with Gasteiger partial charge in [0.1, 0.15) is 18.1 Å². The van der Waals surface area contributed by atoms with Gasteiger partial charge in [0.25, 0.3) is 5.91 Å². The standard InChI is InChI=1S/C21H20BrNO4/c1-25-13-16-5-2-4-15(10-16)12-23-21(24)20-9-8-19(27-20)14-26-18-7-3-6-17(22)11-18/h2-11H,12-14H2,1H3,(H,23,24). The SMILES string of the molecule is COCc1cccc(CNC(=O)c2ccc(COc3cccc(Br)c3)o2)c1. The molecule has 2 aromatic carbocycles. The average Bonchev–Trinajstić information content (AvgIpc) is 3.14. The number of benzene rings is 2. The van der Waals surface area contributed by atoms with Crippen molar-refractivity contribution in [2.24, 2.45) is 0 Å². The number of furan rings is 1. The van der Waals surface area contributed by atoms with Crippen LogP contribution in [0.4, 0.5) is 0 Å². The number of methoxy groups -OCH3 is 1. The highest BCUT2D eigenvalue weighted by Crippen LogP contribution is 2.19. The van der Waals surface area contributed by atoms with E-state index >= 15 is 0 Å². The second-order valence-corrected chi connectivity index (χ2v) is 6.86. The van der Waals surface area contributed by atoms with Gasteiger partial charge >= 0.3 is 0 Å². The minimum Gasteiger partial charge on any atom is -0.486 e. The molecule has 6 heteroatoms. The smallest absolute Gasteiger partial charge is 0.287 e. The van der Waals surface area contributed by atoms with Gasteiger partial charge < -0.3 is 19.2 Å². The summed E-state index contributed by atoms with van der Waals surface area (Å²) in [6.07, 6.45) is 0. The number of halogens is 1. The van der Waals surface area contributed by atoms with Gasteiger partial charge in [-0.3, -0.25) is 4.79 Å². The van der Waals surface area contributed by atoms with Crippen molar-refractivity contribution < 1.29 is 18.7 Å². The van der Waals surface area contributed by atoms with Crippen molar-refractivity contribution >= 4 is 21.8 Å². The molecule has 0 bridgehead atoms. The second kappa shape index (κ2) is 9.39. The molecule has 0 saturated carbocycles. The van der Waals surface area contributed by atoms with E-state index in [9.17, 15) is 4.79 Å².